The molecule has 0 aromatic carbocycles. The fourth-order valence-electron chi connectivity index (χ4n) is 3.66. The second kappa shape index (κ2) is 6.58. The summed E-state index contributed by atoms with van der Waals surface area (Å²) in [6.07, 6.45) is 13.8. The zero-order valence-electron chi connectivity index (χ0n) is 11.7. The molecule has 0 amide bonds. The van der Waals surface area contributed by atoms with Crippen LogP contribution in [0.1, 0.15) is 65.2 Å². The maximum atomic E-state index is 3.85. The molecule has 2 aliphatic carbocycles. The maximum absolute atomic E-state index is 3.85. The molecule has 0 aromatic heterocycles. The summed E-state index contributed by atoms with van der Waals surface area (Å²) in [7, 11) is 0. The quantitative estimate of drug-likeness (QED) is 0.568. The minimum Gasteiger partial charge on any atom is -0.314 e. The van der Waals surface area contributed by atoms with E-state index in [1.165, 1.54) is 57.9 Å². The fraction of sp³-hybridized carbons (Fsp3) is 0.875. The Balaban J connectivity index is 1.72. The molecule has 0 aliphatic heterocycles. The SMILES string of the molecule is CC1=CC(C)CC(CNC2CCCCCC2)C1. The predicted octanol–water partition coefficient (Wildman–Crippen LogP) is 4.29. The molecule has 1 saturated carbocycles. The number of nitrogens with one attached hydrogen (secondary N) is 1. The van der Waals surface area contributed by atoms with Crippen LogP contribution in [0.25, 0.3) is 0 Å². The van der Waals surface area contributed by atoms with Crippen molar-refractivity contribution in [1.82, 2.24) is 5.32 Å². The molecule has 2 unspecified atom stereocenters. The number of hydrogen-bond donors (Lipinski definition) is 1. The smallest absolute Gasteiger partial charge is 0.00671 e. The molecular formula is C16H29N. The van der Waals surface area contributed by atoms with Crippen LogP contribution >= 0.6 is 0 Å². The summed E-state index contributed by atoms with van der Waals surface area (Å²) in [4.78, 5) is 0. The largest absolute Gasteiger partial charge is 0.314 e. The number of allylic oxidation sites excluding steroid dienone is 2. The molecule has 0 bridgehead atoms. The molecule has 2 aliphatic rings. The Morgan fingerprint density at radius 1 is 1.18 bits per heavy atom. The molecule has 2 atom stereocenters. The monoisotopic (exact) mass is 235 g/mol. The minimum absolute atomic E-state index is 0.796. The van der Waals surface area contributed by atoms with Gasteiger partial charge in [-0.05, 0) is 51.0 Å². The molecule has 1 N–H and O–H groups in total. The first-order valence-corrected chi connectivity index (χ1v) is 7.64. The third-order valence-corrected chi connectivity index (χ3v) is 4.44. The van der Waals surface area contributed by atoms with Gasteiger partial charge in [-0.1, -0.05) is 44.3 Å². The molecule has 17 heavy (non-hydrogen) atoms. The van der Waals surface area contributed by atoms with Crippen molar-refractivity contribution in [2.75, 3.05) is 6.54 Å². The van der Waals surface area contributed by atoms with E-state index in [9.17, 15) is 0 Å². The molecule has 1 nitrogen and oxygen atoms in total. The van der Waals surface area contributed by atoms with Crippen LogP contribution in [0.4, 0.5) is 0 Å². The number of rotatable bonds is 3. The average molecular weight is 235 g/mol. The second-order valence-corrected chi connectivity index (χ2v) is 6.39. The van der Waals surface area contributed by atoms with Gasteiger partial charge in [-0.25, -0.2) is 0 Å². The lowest BCUT2D eigenvalue weighted by atomic mass is 9.83. The lowest BCUT2D eigenvalue weighted by Crippen LogP contribution is -2.34. The van der Waals surface area contributed by atoms with Crippen LogP contribution in [-0.2, 0) is 0 Å². The van der Waals surface area contributed by atoms with Crippen molar-refractivity contribution in [1.29, 1.82) is 0 Å². The zero-order chi connectivity index (χ0) is 12.1. The highest BCUT2D eigenvalue weighted by Gasteiger charge is 2.19. The van der Waals surface area contributed by atoms with Gasteiger partial charge in [0.05, 0.1) is 0 Å². The normalized spacial score (nSPS) is 32.0. The first kappa shape index (κ1) is 13.1. The Labute approximate surface area is 107 Å². The van der Waals surface area contributed by atoms with E-state index in [0.29, 0.717) is 0 Å². The van der Waals surface area contributed by atoms with Gasteiger partial charge in [-0.2, -0.15) is 0 Å². The summed E-state index contributed by atoms with van der Waals surface area (Å²) < 4.78 is 0. The van der Waals surface area contributed by atoms with Crippen LogP contribution in [0.2, 0.25) is 0 Å². The van der Waals surface area contributed by atoms with E-state index in [1.807, 2.05) is 0 Å². The lowest BCUT2D eigenvalue weighted by Gasteiger charge is -2.27. The molecule has 1 fully saturated rings. The Morgan fingerprint density at radius 2 is 1.88 bits per heavy atom. The summed E-state index contributed by atoms with van der Waals surface area (Å²) in [6, 6.07) is 0.819. The topological polar surface area (TPSA) is 12.0 Å². The third kappa shape index (κ3) is 4.46. The average Bonchev–Trinajstić information content (AvgIpc) is 2.53. The van der Waals surface area contributed by atoms with Gasteiger partial charge in [-0.15, -0.1) is 0 Å². The Morgan fingerprint density at radius 3 is 2.53 bits per heavy atom. The molecule has 2 rings (SSSR count). The Kier molecular flexibility index (Phi) is 5.09. The summed E-state index contributed by atoms with van der Waals surface area (Å²) in [5.41, 5.74) is 1.61. The van der Waals surface area contributed by atoms with Crippen LogP contribution in [0.5, 0.6) is 0 Å². The van der Waals surface area contributed by atoms with E-state index in [-0.39, 0.29) is 0 Å². The van der Waals surface area contributed by atoms with E-state index in [4.69, 9.17) is 0 Å². The first-order valence-electron chi connectivity index (χ1n) is 7.64. The predicted molar refractivity (Wildman–Crippen MR) is 75.1 cm³/mol. The van der Waals surface area contributed by atoms with E-state index < -0.39 is 0 Å². The van der Waals surface area contributed by atoms with Crippen molar-refractivity contribution in [2.24, 2.45) is 11.8 Å². The highest BCUT2D eigenvalue weighted by atomic mass is 14.9. The molecule has 1 heteroatoms. The molecular weight excluding hydrogens is 206 g/mol. The summed E-state index contributed by atoms with van der Waals surface area (Å²) in [5.74, 6) is 1.68. The van der Waals surface area contributed by atoms with Gasteiger partial charge in [0.2, 0.25) is 0 Å². The van der Waals surface area contributed by atoms with Gasteiger partial charge in [-0.3, -0.25) is 0 Å². The molecule has 0 saturated heterocycles. The van der Waals surface area contributed by atoms with Crippen LogP contribution < -0.4 is 5.32 Å². The van der Waals surface area contributed by atoms with Crippen molar-refractivity contribution < 1.29 is 0 Å². The van der Waals surface area contributed by atoms with Gasteiger partial charge in [0, 0.05) is 6.04 Å². The van der Waals surface area contributed by atoms with E-state index in [0.717, 1.165) is 17.9 Å². The highest BCUT2D eigenvalue weighted by Crippen LogP contribution is 2.27. The molecule has 0 aromatic rings. The number of hydrogen-bond acceptors (Lipinski definition) is 1. The summed E-state index contributed by atoms with van der Waals surface area (Å²) in [5, 5.41) is 3.85. The zero-order valence-corrected chi connectivity index (χ0v) is 11.7. The highest BCUT2D eigenvalue weighted by molar-refractivity contribution is 5.06. The standard InChI is InChI=1S/C16H29N/c1-13-9-14(2)11-15(10-13)12-17-16-7-5-3-4-6-8-16/h9,13,15-17H,3-8,10-12H2,1-2H3. The summed E-state index contributed by atoms with van der Waals surface area (Å²) >= 11 is 0. The van der Waals surface area contributed by atoms with Crippen molar-refractivity contribution >= 4 is 0 Å². The summed E-state index contributed by atoms with van der Waals surface area (Å²) in [6.45, 7) is 5.91. The van der Waals surface area contributed by atoms with E-state index in [2.05, 4.69) is 25.2 Å². The van der Waals surface area contributed by atoms with Gasteiger partial charge in [0.1, 0.15) is 0 Å². The second-order valence-electron chi connectivity index (χ2n) is 6.39. The minimum atomic E-state index is 0.796. The fourth-order valence-corrected chi connectivity index (χ4v) is 3.66. The van der Waals surface area contributed by atoms with Crippen molar-refractivity contribution in [2.45, 2.75) is 71.3 Å². The van der Waals surface area contributed by atoms with Crippen molar-refractivity contribution in [3.8, 4) is 0 Å². The lowest BCUT2D eigenvalue weighted by molar-refractivity contribution is 0.347. The first-order chi connectivity index (χ1) is 8.24. The van der Waals surface area contributed by atoms with Crippen molar-refractivity contribution in [3.63, 3.8) is 0 Å². The molecule has 98 valence electrons. The van der Waals surface area contributed by atoms with Crippen LogP contribution in [0.15, 0.2) is 11.6 Å². The van der Waals surface area contributed by atoms with Gasteiger partial charge in [0.15, 0.2) is 0 Å². The van der Waals surface area contributed by atoms with Gasteiger partial charge < -0.3 is 5.32 Å². The van der Waals surface area contributed by atoms with Crippen LogP contribution in [0.3, 0.4) is 0 Å². The van der Waals surface area contributed by atoms with Crippen molar-refractivity contribution in [3.05, 3.63) is 11.6 Å². The molecule has 0 spiro atoms. The van der Waals surface area contributed by atoms with Gasteiger partial charge in [0.25, 0.3) is 0 Å². The third-order valence-electron chi connectivity index (χ3n) is 4.44. The molecule has 0 heterocycles. The Hall–Kier alpha value is -0.300. The maximum Gasteiger partial charge on any atom is 0.00671 e. The van der Waals surface area contributed by atoms with E-state index in [1.54, 1.807) is 5.57 Å². The molecule has 0 radical (unpaired) electrons. The Bertz CT molecular complexity index is 248. The van der Waals surface area contributed by atoms with Gasteiger partial charge >= 0.3 is 0 Å². The van der Waals surface area contributed by atoms with E-state index >= 15 is 0 Å². The van der Waals surface area contributed by atoms with Crippen LogP contribution in [-0.4, -0.2) is 12.6 Å². The van der Waals surface area contributed by atoms with Crippen LogP contribution in [0, 0.1) is 11.8 Å².